The lowest BCUT2D eigenvalue weighted by Gasteiger charge is -2.57. The fraction of sp³-hybridized carbons (Fsp3) is 0.632. The summed E-state index contributed by atoms with van der Waals surface area (Å²) in [5.41, 5.74) is 0.514. The van der Waals surface area contributed by atoms with Crippen molar-refractivity contribution in [3.63, 3.8) is 0 Å². The van der Waals surface area contributed by atoms with Crippen LogP contribution in [0.3, 0.4) is 0 Å². The number of methoxy groups -OCH3 is 2. The molecule has 140 valence electrons. The molecule has 26 heavy (non-hydrogen) atoms. The topological polar surface area (TPSA) is 88.5 Å². The molecule has 2 fully saturated rings. The number of carbonyl (C=O) groups is 1. The maximum Gasteiger partial charge on any atom is 0.252 e. The van der Waals surface area contributed by atoms with Crippen molar-refractivity contribution in [1.82, 2.24) is 4.90 Å². The third-order valence-electron chi connectivity index (χ3n) is 7.06. The van der Waals surface area contributed by atoms with Gasteiger partial charge in [-0.2, -0.15) is 0 Å². The molecule has 0 aromatic heterocycles. The summed E-state index contributed by atoms with van der Waals surface area (Å²) in [5, 5.41) is 21.9. The van der Waals surface area contributed by atoms with Crippen LogP contribution in [0.25, 0.3) is 0 Å². The molecule has 2 N–H and O–H groups in total. The minimum Gasteiger partial charge on any atom is -0.386 e. The van der Waals surface area contributed by atoms with Gasteiger partial charge in [0.2, 0.25) is 5.79 Å². The van der Waals surface area contributed by atoms with Crippen molar-refractivity contribution < 1.29 is 29.2 Å². The highest BCUT2D eigenvalue weighted by atomic mass is 16.8. The molecule has 2 bridgehead atoms. The van der Waals surface area contributed by atoms with E-state index in [0.29, 0.717) is 24.1 Å². The third kappa shape index (κ3) is 1.52. The van der Waals surface area contributed by atoms with E-state index in [-0.39, 0.29) is 17.7 Å². The van der Waals surface area contributed by atoms with Crippen molar-refractivity contribution in [2.75, 3.05) is 27.8 Å². The molecule has 7 atom stereocenters. The third-order valence-corrected chi connectivity index (χ3v) is 7.06. The normalized spacial score (nSPS) is 51.8. The molecule has 3 aliphatic carbocycles. The van der Waals surface area contributed by atoms with Gasteiger partial charge in [-0.3, -0.25) is 9.69 Å². The fourth-order valence-electron chi connectivity index (χ4n) is 5.93. The molecule has 0 aromatic rings. The van der Waals surface area contributed by atoms with Crippen molar-refractivity contribution in [1.29, 1.82) is 0 Å². The fourth-order valence-corrected chi connectivity index (χ4v) is 5.93. The average Bonchev–Trinajstić information content (AvgIpc) is 2.96. The average molecular weight is 361 g/mol. The Bertz CT molecular complexity index is 789. The van der Waals surface area contributed by atoms with Gasteiger partial charge in [0.05, 0.1) is 12.1 Å². The van der Waals surface area contributed by atoms with Gasteiger partial charge in [0.15, 0.2) is 5.78 Å². The van der Waals surface area contributed by atoms with Crippen LogP contribution < -0.4 is 0 Å². The number of likely N-dealkylation sites (tertiary alicyclic amines) is 1. The highest BCUT2D eigenvalue weighted by Crippen LogP contribution is 2.67. The minimum absolute atomic E-state index is 0.0102. The van der Waals surface area contributed by atoms with Gasteiger partial charge in [0, 0.05) is 36.7 Å². The molecule has 0 radical (unpaired) electrons. The van der Waals surface area contributed by atoms with Crippen LogP contribution in [0.4, 0.5) is 0 Å². The van der Waals surface area contributed by atoms with Gasteiger partial charge < -0.3 is 24.4 Å². The Kier molecular flexibility index (Phi) is 3.18. The van der Waals surface area contributed by atoms with E-state index in [4.69, 9.17) is 14.2 Å². The van der Waals surface area contributed by atoms with Gasteiger partial charge in [0.1, 0.15) is 6.10 Å². The van der Waals surface area contributed by atoms with E-state index in [1.807, 2.05) is 13.1 Å². The quantitative estimate of drug-likeness (QED) is 0.518. The predicted molar refractivity (Wildman–Crippen MR) is 89.8 cm³/mol. The zero-order valence-electron chi connectivity index (χ0n) is 15.0. The van der Waals surface area contributed by atoms with Crippen LogP contribution in [0.5, 0.6) is 0 Å². The maximum absolute atomic E-state index is 13.4. The summed E-state index contributed by atoms with van der Waals surface area (Å²) >= 11 is 0. The first-order valence-corrected chi connectivity index (χ1v) is 8.92. The number of nitrogens with zero attached hydrogens (tertiary/aromatic N) is 1. The van der Waals surface area contributed by atoms with Crippen LogP contribution in [0.1, 0.15) is 6.42 Å². The summed E-state index contributed by atoms with van der Waals surface area (Å²) in [4.78, 5) is 15.4. The van der Waals surface area contributed by atoms with Gasteiger partial charge in [-0.1, -0.05) is 12.2 Å². The molecule has 2 unspecified atom stereocenters. The van der Waals surface area contributed by atoms with E-state index in [1.165, 1.54) is 20.3 Å². The lowest BCUT2D eigenvalue weighted by atomic mass is 9.51. The van der Waals surface area contributed by atoms with Crippen LogP contribution in [-0.4, -0.2) is 78.5 Å². The second-order valence-corrected chi connectivity index (χ2v) is 7.86. The molecule has 7 heteroatoms. The summed E-state index contributed by atoms with van der Waals surface area (Å²) in [6.45, 7) is 0.693. The lowest BCUT2D eigenvalue weighted by Crippen LogP contribution is -2.66. The first-order valence-electron chi connectivity index (χ1n) is 8.92. The summed E-state index contributed by atoms with van der Waals surface area (Å²) in [7, 11) is 4.75. The summed E-state index contributed by atoms with van der Waals surface area (Å²) < 4.78 is 17.4. The van der Waals surface area contributed by atoms with Crippen molar-refractivity contribution in [2.45, 2.75) is 36.2 Å². The van der Waals surface area contributed by atoms with Gasteiger partial charge in [-0.25, -0.2) is 0 Å². The largest absolute Gasteiger partial charge is 0.386 e. The van der Waals surface area contributed by atoms with Gasteiger partial charge in [-0.15, -0.1) is 0 Å². The highest BCUT2D eigenvalue weighted by molar-refractivity contribution is 6.05. The number of hydrogen-bond acceptors (Lipinski definition) is 7. The lowest BCUT2D eigenvalue weighted by molar-refractivity contribution is -0.349. The van der Waals surface area contributed by atoms with Crippen LogP contribution in [0.15, 0.2) is 35.5 Å². The molecule has 2 saturated heterocycles. The molecule has 5 aliphatic rings. The molecule has 0 saturated carbocycles. The number of aliphatic hydroxyl groups excluding tert-OH is 1. The van der Waals surface area contributed by atoms with Crippen molar-refractivity contribution in [3.8, 4) is 0 Å². The van der Waals surface area contributed by atoms with E-state index < -0.39 is 29.2 Å². The number of allylic oxidation sites excluding steroid dienone is 1. The Balaban J connectivity index is 1.86. The number of ether oxygens (including phenoxy) is 3. The second-order valence-electron chi connectivity index (χ2n) is 7.86. The zero-order chi connectivity index (χ0) is 18.5. The molecular weight excluding hydrogens is 338 g/mol. The van der Waals surface area contributed by atoms with E-state index in [2.05, 4.69) is 4.90 Å². The van der Waals surface area contributed by atoms with Crippen molar-refractivity contribution in [2.24, 2.45) is 11.3 Å². The van der Waals surface area contributed by atoms with Gasteiger partial charge >= 0.3 is 0 Å². The molecular formula is C19H23NO6. The SMILES string of the molecule is COC1(O)C=CC2=C3C1(OC)O[C@H]1[C@@H](O)C=C[C@H]4[C@@H](C2=O)N(C)CC[C@@]341. The van der Waals surface area contributed by atoms with E-state index in [0.717, 1.165) is 0 Å². The van der Waals surface area contributed by atoms with E-state index >= 15 is 0 Å². The number of piperidine rings is 1. The van der Waals surface area contributed by atoms with E-state index in [1.54, 1.807) is 12.2 Å². The standard InChI is InChI=1S/C19H23NO6/c1-20-9-8-17-11-4-5-12(21)16(17)26-19(25-3)15(17)10(14(22)13(11)20)6-7-18(19,23)24-2/h4-7,11-13,16,21,23H,8-9H2,1-3H3/t11-,12-,13-,16-,17-,18?,19?/m0/s1. The summed E-state index contributed by atoms with van der Waals surface area (Å²) in [6, 6.07) is -0.316. The van der Waals surface area contributed by atoms with Crippen molar-refractivity contribution in [3.05, 3.63) is 35.5 Å². The number of hydrogen-bond donors (Lipinski definition) is 2. The molecule has 7 nitrogen and oxygen atoms in total. The molecule has 2 heterocycles. The van der Waals surface area contributed by atoms with Crippen LogP contribution in [0, 0.1) is 11.3 Å². The van der Waals surface area contributed by atoms with Gasteiger partial charge in [-0.05, 0) is 32.2 Å². The smallest absolute Gasteiger partial charge is 0.252 e. The highest BCUT2D eigenvalue weighted by Gasteiger charge is 2.77. The number of aliphatic hydroxyl groups is 2. The Hall–Kier alpha value is -1.35. The van der Waals surface area contributed by atoms with Crippen molar-refractivity contribution >= 4 is 5.78 Å². The number of likely N-dealkylation sites (N-methyl/N-ethyl adjacent to an activating group) is 1. The Morgan fingerprint density at radius 1 is 1.31 bits per heavy atom. The maximum atomic E-state index is 13.4. The van der Waals surface area contributed by atoms with Crippen LogP contribution >= 0.6 is 0 Å². The van der Waals surface area contributed by atoms with E-state index in [9.17, 15) is 15.0 Å². The van der Waals surface area contributed by atoms with Crippen LogP contribution in [-0.2, 0) is 19.0 Å². The first kappa shape index (κ1) is 16.8. The molecule has 5 rings (SSSR count). The number of rotatable bonds is 2. The molecule has 1 spiro atoms. The number of ketones is 1. The Morgan fingerprint density at radius 2 is 2.08 bits per heavy atom. The predicted octanol–water partition coefficient (Wildman–Crippen LogP) is -0.251. The molecule has 2 aliphatic heterocycles. The van der Waals surface area contributed by atoms with Gasteiger partial charge in [0.25, 0.3) is 5.79 Å². The Labute approximate surface area is 151 Å². The number of carbonyl (C=O) groups excluding carboxylic acids is 1. The second kappa shape index (κ2) is 4.92. The van der Waals surface area contributed by atoms with Crippen LogP contribution in [0.2, 0.25) is 0 Å². The number of Topliss-reactive ketones (excluding diaryl/α,β-unsaturated/α-hetero) is 1. The monoisotopic (exact) mass is 361 g/mol. The summed E-state index contributed by atoms with van der Waals surface area (Å²) in [5.74, 6) is -3.69. The minimum atomic E-state index is -1.88. The zero-order valence-corrected chi connectivity index (χ0v) is 15.0. The summed E-state index contributed by atoms with van der Waals surface area (Å²) in [6.07, 6.45) is 5.89. The molecule has 0 aromatic carbocycles. The molecule has 0 amide bonds. The first-order chi connectivity index (χ1) is 12.4. The Morgan fingerprint density at radius 3 is 2.77 bits per heavy atom.